The van der Waals surface area contributed by atoms with Crippen LogP contribution in [0.1, 0.15) is 43.7 Å². The predicted molar refractivity (Wildman–Crippen MR) is 136 cm³/mol. The number of rotatable bonds is 9. The molecule has 1 amide bonds. The zero-order valence-corrected chi connectivity index (χ0v) is 20.9. The largest absolute Gasteiger partial charge is 0.496 e. The van der Waals surface area contributed by atoms with Crippen molar-refractivity contribution in [2.45, 2.75) is 50.4 Å². The summed E-state index contributed by atoms with van der Waals surface area (Å²) in [6.07, 6.45) is 3.59. The van der Waals surface area contributed by atoms with Crippen LogP contribution in [-0.2, 0) is 11.3 Å². The lowest BCUT2D eigenvalue weighted by molar-refractivity contribution is -0.119. The number of hydrogen-bond donors (Lipinski definition) is 1. The van der Waals surface area contributed by atoms with Gasteiger partial charge in [0.25, 0.3) is 0 Å². The van der Waals surface area contributed by atoms with Crippen LogP contribution >= 0.6 is 11.8 Å². The molecule has 1 aromatic heterocycles. The van der Waals surface area contributed by atoms with Crippen LogP contribution in [0.2, 0.25) is 0 Å². The molecule has 2 heterocycles. The van der Waals surface area contributed by atoms with E-state index < -0.39 is 0 Å². The standard InChI is InChI=1S/C26H33N5O2S/c1-19(2)20-8-10-23(11-9-20)31-18-27-29-26(31)34-17-25(32)28-22-12-14-30(15-13-22)16-21-6-4-5-7-24(21)33-3/h4-11,18-19,22H,12-17H2,1-3H3,(H,28,32). The summed E-state index contributed by atoms with van der Waals surface area (Å²) in [5.74, 6) is 1.78. The fourth-order valence-electron chi connectivity index (χ4n) is 4.23. The molecule has 1 saturated heterocycles. The topological polar surface area (TPSA) is 72.3 Å². The summed E-state index contributed by atoms with van der Waals surface area (Å²) < 4.78 is 7.40. The summed E-state index contributed by atoms with van der Waals surface area (Å²) >= 11 is 1.42. The fourth-order valence-corrected chi connectivity index (χ4v) is 4.97. The summed E-state index contributed by atoms with van der Waals surface area (Å²) in [5.41, 5.74) is 3.49. The third-order valence-corrected chi connectivity index (χ3v) is 7.17. The van der Waals surface area contributed by atoms with Crippen LogP contribution in [0.3, 0.4) is 0 Å². The van der Waals surface area contributed by atoms with Gasteiger partial charge in [0.1, 0.15) is 12.1 Å². The van der Waals surface area contributed by atoms with E-state index in [4.69, 9.17) is 4.74 Å². The van der Waals surface area contributed by atoms with Gasteiger partial charge in [-0.3, -0.25) is 14.3 Å². The third-order valence-electron chi connectivity index (χ3n) is 6.23. The van der Waals surface area contributed by atoms with Gasteiger partial charge in [0.15, 0.2) is 5.16 Å². The Morgan fingerprint density at radius 2 is 1.88 bits per heavy atom. The number of piperidine rings is 1. The van der Waals surface area contributed by atoms with Crippen molar-refractivity contribution in [3.63, 3.8) is 0 Å². The van der Waals surface area contributed by atoms with E-state index in [0.29, 0.717) is 11.7 Å². The van der Waals surface area contributed by atoms with Crippen molar-refractivity contribution < 1.29 is 9.53 Å². The summed E-state index contributed by atoms with van der Waals surface area (Å²) in [6.45, 7) is 7.14. The quantitative estimate of drug-likeness (QED) is 0.462. The van der Waals surface area contributed by atoms with Crippen molar-refractivity contribution in [3.8, 4) is 11.4 Å². The molecule has 1 fully saturated rings. The minimum Gasteiger partial charge on any atom is -0.496 e. The Balaban J connectivity index is 1.24. The molecule has 0 spiro atoms. The number of nitrogens with zero attached hydrogens (tertiary/aromatic N) is 4. The van der Waals surface area contributed by atoms with E-state index >= 15 is 0 Å². The van der Waals surface area contributed by atoms with Crippen LogP contribution in [0.15, 0.2) is 60.0 Å². The Hall–Kier alpha value is -2.84. The minimum absolute atomic E-state index is 0.0397. The molecule has 0 unspecified atom stereocenters. The molecule has 180 valence electrons. The molecule has 0 aliphatic carbocycles. The number of para-hydroxylation sites is 1. The molecule has 4 rings (SSSR count). The molecule has 1 aliphatic heterocycles. The van der Waals surface area contributed by atoms with Gasteiger partial charge in [-0.2, -0.15) is 0 Å². The molecule has 0 radical (unpaired) electrons. The highest BCUT2D eigenvalue weighted by atomic mass is 32.2. The summed E-state index contributed by atoms with van der Waals surface area (Å²) in [7, 11) is 1.71. The van der Waals surface area contributed by atoms with E-state index in [1.165, 1.54) is 22.9 Å². The molecule has 34 heavy (non-hydrogen) atoms. The van der Waals surface area contributed by atoms with Crippen LogP contribution < -0.4 is 10.1 Å². The highest BCUT2D eigenvalue weighted by Crippen LogP contribution is 2.23. The second-order valence-corrected chi connectivity index (χ2v) is 9.89. The van der Waals surface area contributed by atoms with E-state index in [9.17, 15) is 4.79 Å². The molecule has 0 saturated carbocycles. The van der Waals surface area contributed by atoms with E-state index in [1.807, 2.05) is 22.8 Å². The highest BCUT2D eigenvalue weighted by Gasteiger charge is 2.22. The summed E-state index contributed by atoms with van der Waals surface area (Å²) in [4.78, 5) is 15.0. The van der Waals surface area contributed by atoms with E-state index in [0.717, 1.165) is 49.1 Å². The number of carbonyl (C=O) groups is 1. The monoisotopic (exact) mass is 479 g/mol. The third kappa shape index (κ3) is 6.18. The van der Waals surface area contributed by atoms with Gasteiger partial charge in [-0.05, 0) is 42.5 Å². The Bertz CT molecular complexity index is 1070. The molecule has 2 aromatic carbocycles. The number of aromatic nitrogens is 3. The molecular formula is C26H33N5O2S. The molecule has 1 aliphatic rings. The number of nitrogens with one attached hydrogen (secondary N) is 1. The van der Waals surface area contributed by atoms with Crippen molar-refractivity contribution in [1.29, 1.82) is 0 Å². The van der Waals surface area contributed by atoms with Crippen LogP contribution in [0.4, 0.5) is 0 Å². The zero-order valence-electron chi connectivity index (χ0n) is 20.1. The van der Waals surface area contributed by atoms with Gasteiger partial charge in [-0.25, -0.2) is 0 Å². The Morgan fingerprint density at radius 3 is 2.59 bits per heavy atom. The molecule has 1 N–H and O–H groups in total. The second kappa shape index (κ2) is 11.5. The van der Waals surface area contributed by atoms with E-state index in [-0.39, 0.29) is 11.9 Å². The average Bonchev–Trinajstić information content (AvgIpc) is 3.33. The molecule has 0 bridgehead atoms. The van der Waals surface area contributed by atoms with Gasteiger partial charge in [0, 0.05) is 36.9 Å². The normalized spacial score (nSPS) is 14.9. The van der Waals surface area contributed by atoms with Crippen molar-refractivity contribution in [3.05, 3.63) is 66.0 Å². The Kier molecular flexibility index (Phi) is 8.24. The van der Waals surface area contributed by atoms with Crippen molar-refractivity contribution in [1.82, 2.24) is 25.0 Å². The molecule has 7 nitrogen and oxygen atoms in total. The first kappa shape index (κ1) is 24.3. The number of likely N-dealkylation sites (tertiary alicyclic amines) is 1. The SMILES string of the molecule is COc1ccccc1CN1CCC(NC(=O)CSc2nncn2-c2ccc(C(C)C)cc2)CC1. The molecule has 8 heteroatoms. The molecule has 0 atom stereocenters. The first-order valence-electron chi connectivity index (χ1n) is 11.8. The summed E-state index contributed by atoms with van der Waals surface area (Å²) in [5, 5.41) is 12.2. The molecular weight excluding hydrogens is 446 g/mol. The number of hydrogen-bond acceptors (Lipinski definition) is 6. The highest BCUT2D eigenvalue weighted by molar-refractivity contribution is 7.99. The lowest BCUT2D eigenvalue weighted by Crippen LogP contribution is -2.44. The van der Waals surface area contributed by atoms with Crippen molar-refractivity contribution >= 4 is 17.7 Å². The lowest BCUT2D eigenvalue weighted by Gasteiger charge is -2.32. The first-order valence-corrected chi connectivity index (χ1v) is 12.8. The van der Waals surface area contributed by atoms with Gasteiger partial charge < -0.3 is 10.1 Å². The number of benzene rings is 2. The van der Waals surface area contributed by atoms with Crippen LogP contribution in [0, 0.1) is 0 Å². The smallest absolute Gasteiger partial charge is 0.230 e. The maximum Gasteiger partial charge on any atom is 0.230 e. The van der Waals surface area contributed by atoms with E-state index in [1.54, 1.807) is 13.4 Å². The molecule has 3 aromatic rings. The number of ether oxygens (including phenoxy) is 1. The zero-order chi connectivity index (χ0) is 23.9. The Morgan fingerprint density at radius 1 is 1.15 bits per heavy atom. The number of carbonyl (C=O) groups excluding carboxylic acids is 1. The van der Waals surface area contributed by atoms with Crippen molar-refractivity contribution in [2.75, 3.05) is 26.0 Å². The van der Waals surface area contributed by atoms with Gasteiger partial charge in [-0.15, -0.1) is 10.2 Å². The minimum atomic E-state index is 0.0397. The second-order valence-electron chi connectivity index (χ2n) is 8.95. The van der Waals surface area contributed by atoms with Gasteiger partial charge in [0.2, 0.25) is 5.91 Å². The average molecular weight is 480 g/mol. The van der Waals surface area contributed by atoms with Gasteiger partial charge >= 0.3 is 0 Å². The maximum absolute atomic E-state index is 12.6. The van der Waals surface area contributed by atoms with Gasteiger partial charge in [0.05, 0.1) is 12.9 Å². The maximum atomic E-state index is 12.6. The number of methoxy groups -OCH3 is 1. The number of amides is 1. The number of thioether (sulfide) groups is 1. The van der Waals surface area contributed by atoms with Crippen LogP contribution in [-0.4, -0.2) is 57.6 Å². The van der Waals surface area contributed by atoms with Crippen LogP contribution in [0.5, 0.6) is 5.75 Å². The van der Waals surface area contributed by atoms with Crippen molar-refractivity contribution in [2.24, 2.45) is 0 Å². The summed E-state index contributed by atoms with van der Waals surface area (Å²) in [6, 6.07) is 16.8. The lowest BCUT2D eigenvalue weighted by atomic mass is 10.0. The fraction of sp³-hybridized carbons (Fsp3) is 0.423. The Labute approximate surface area is 205 Å². The van der Waals surface area contributed by atoms with E-state index in [2.05, 4.69) is 64.6 Å². The van der Waals surface area contributed by atoms with Gasteiger partial charge in [-0.1, -0.05) is 55.9 Å². The first-order chi connectivity index (χ1) is 16.5. The predicted octanol–water partition coefficient (Wildman–Crippen LogP) is 4.27. The van der Waals surface area contributed by atoms with Crippen LogP contribution in [0.25, 0.3) is 5.69 Å².